The summed E-state index contributed by atoms with van der Waals surface area (Å²) in [7, 11) is 2.73. The van der Waals surface area contributed by atoms with Crippen LogP contribution in [-0.2, 0) is 6.54 Å². The Kier molecular flexibility index (Phi) is 6.53. The van der Waals surface area contributed by atoms with E-state index in [1.54, 1.807) is 33.4 Å². The third-order valence-corrected chi connectivity index (χ3v) is 7.91. The number of aromatic hydroxyl groups is 1. The molecule has 1 aliphatic rings. The summed E-state index contributed by atoms with van der Waals surface area (Å²) in [6.07, 6.45) is 3.51. The van der Waals surface area contributed by atoms with Crippen LogP contribution in [0.3, 0.4) is 0 Å². The first-order valence-electron chi connectivity index (χ1n) is 11.2. The van der Waals surface area contributed by atoms with Crippen LogP contribution in [0.15, 0.2) is 70.6 Å². The smallest absolute Gasteiger partial charge is 0.354 e. The molecule has 2 N–H and O–H groups in total. The molecule has 0 bridgehead atoms. The van der Waals surface area contributed by atoms with E-state index in [0.29, 0.717) is 23.3 Å². The highest BCUT2D eigenvalue weighted by Crippen LogP contribution is 2.32. The second-order valence-electron chi connectivity index (χ2n) is 8.69. The summed E-state index contributed by atoms with van der Waals surface area (Å²) in [6, 6.07) is 17.2. The van der Waals surface area contributed by atoms with E-state index in [9.17, 15) is 15.2 Å². The number of pyridine rings is 1. The molecule has 0 spiro atoms. The number of nitrogens with one attached hydrogen (secondary N) is 1. The lowest BCUT2D eigenvalue weighted by Gasteiger charge is -2.13. The zero-order chi connectivity index (χ0) is 25.6. The maximum Gasteiger partial charge on any atom is 0.354 e. The third-order valence-electron chi connectivity index (χ3n) is 6.14. The Morgan fingerprint density at radius 2 is 2.00 bits per heavy atom. The molecule has 9 heteroatoms. The Morgan fingerprint density at radius 3 is 2.69 bits per heavy atom. The van der Waals surface area contributed by atoms with Crippen LogP contribution in [0, 0.1) is 25.2 Å². The maximum absolute atomic E-state index is 13.8. The Morgan fingerprint density at radius 1 is 1.22 bits per heavy atom. The number of hydrogen-bond donors (Lipinski definition) is 2. The van der Waals surface area contributed by atoms with E-state index < -0.39 is 0 Å². The normalized spacial score (nSPS) is 15.0. The molecule has 1 aliphatic heterocycles. The predicted octanol–water partition coefficient (Wildman–Crippen LogP) is 4.32. The molecule has 0 saturated carbocycles. The number of fused-ring (bicyclic) bond motifs is 1. The molecule has 0 amide bonds. The van der Waals surface area contributed by atoms with Crippen LogP contribution in [-0.4, -0.2) is 14.3 Å². The van der Waals surface area contributed by atoms with Crippen molar-refractivity contribution in [3.63, 3.8) is 0 Å². The molecule has 6 nitrogen and oxygen atoms in total. The minimum Gasteiger partial charge on any atom is -0.477 e. The fourth-order valence-corrected chi connectivity index (χ4v) is 6.18. The molecule has 3 heterocycles. The van der Waals surface area contributed by atoms with Gasteiger partial charge in [-0.2, -0.15) is 14.2 Å². The lowest BCUT2D eigenvalue weighted by Crippen LogP contribution is -2.42. The van der Waals surface area contributed by atoms with Gasteiger partial charge in [-0.3, -0.25) is 0 Å². The maximum atomic E-state index is 13.8. The average Bonchev–Trinajstić information content (AvgIpc) is 3.26. The molecule has 36 heavy (non-hydrogen) atoms. The fourth-order valence-electron chi connectivity index (χ4n) is 4.50. The van der Waals surface area contributed by atoms with Gasteiger partial charge in [-0.25, -0.2) is 4.79 Å². The van der Waals surface area contributed by atoms with E-state index in [1.165, 1.54) is 11.8 Å². The summed E-state index contributed by atoms with van der Waals surface area (Å²) in [5, 5.41) is 25.4. The highest BCUT2D eigenvalue weighted by molar-refractivity contribution is 8.04. The van der Waals surface area contributed by atoms with Gasteiger partial charge in [0, 0.05) is 16.7 Å². The van der Waals surface area contributed by atoms with Gasteiger partial charge in [-0.1, -0.05) is 47.1 Å². The van der Waals surface area contributed by atoms with Crippen LogP contribution in [0.2, 0.25) is 0 Å². The lowest BCUT2D eigenvalue weighted by molar-refractivity contribution is -0.671. The summed E-state index contributed by atoms with van der Waals surface area (Å²) < 4.78 is 3.26. The van der Waals surface area contributed by atoms with Gasteiger partial charge in [0.25, 0.3) is 11.5 Å². The number of thioether (sulfide) groups is 1. The highest BCUT2D eigenvalue weighted by Gasteiger charge is 2.29. The molecule has 0 fully saturated rings. The van der Waals surface area contributed by atoms with Crippen LogP contribution in [0.1, 0.15) is 16.7 Å². The molecular formula is C27H23ClN4O2PS+. The first-order valence-corrected chi connectivity index (χ1v) is 13.1. The Bertz CT molecular complexity index is 1680. The van der Waals surface area contributed by atoms with Crippen LogP contribution < -0.4 is 20.7 Å². The van der Waals surface area contributed by atoms with E-state index in [-0.39, 0.29) is 21.8 Å². The van der Waals surface area contributed by atoms with Crippen LogP contribution in [0.25, 0.3) is 27.9 Å². The summed E-state index contributed by atoms with van der Waals surface area (Å²) in [5.41, 5.74) is 4.91. The van der Waals surface area contributed by atoms with Crippen LogP contribution in [0.5, 0.6) is 5.88 Å². The molecule has 0 radical (unpaired) electrons. The van der Waals surface area contributed by atoms with Gasteiger partial charge in [0.2, 0.25) is 0 Å². The van der Waals surface area contributed by atoms with Gasteiger partial charge in [-0.05, 0) is 66.2 Å². The standard InChI is InChI=1S/C27H22ClN4O2PS/c1-15-5-6-21(22(35)8-15)18-9-17(12-29)10-19(11-18)23-25(33)31-7-3-4-16(2)24(31)32(26(23)34)14-20-13-30-27(28)36-20/h3-11,13,27,30H,14,35H2,1-2H3/p+1. The number of nitriles is 1. The van der Waals surface area contributed by atoms with Crippen molar-refractivity contribution in [3.05, 3.63) is 92.9 Å². The van der Waals surface area contributed by atoms with E-state index in [1.807, 2.05) is 50.4 Å². The third kappa shape index (κ3) is 4.37. The average molecular weight is 534 g/mol. The largest absolute Gasteiger partial charge is 0.477 e. The van der Waals surface area contributed by atoms with Crippen molar-refractivity contribution in [3.8, 4) is 34.2 Å². The number of allylic oxidation sites excluding steroid dienone is 1. The minimum atomic E-state index is -0.361. The van der Waals surface area contributed by atoms with Gasteiger partial charge in [0.05, 0.1) is 17.8 Å². The molecule has 2 aromatic heterocycles. The summed E-state index contributed by atoms with van der Waals surface area (Å²) in [4.78, 5) is 14.4. The topological polar surface area (TPSA) is 81.4 Å². The Hall–Kier alpha value is -3.30. The number of rotatable bonds is 4. The number of aryl methyl sites for hydroxylation is 2. The van der Waals surface area contributed by atoms with Crippen LogP contribution in [0.4, 0.5) is 0 Å². The number of hydrogen-bond acceptors (Lipinski definition) is 5. The van der Waals surface area contributed by atoms with Gasteiger partial charge < -0.3 is 10.4 Å². The van der Waals surface area contributed by atoms with E-state index in [4.69, 9.17) is 11.6 Å². The van der Waals surface area contributed by atoms with Crippen molar-refractivity contribution in [2.45, 2.75) is 25.2 Å². The SMILES string of the molecule is Cc1ccc(-c2cc(C#N)cc(-c3c(O)[n+](CC4=CNC(Cl)S4)c4c(C)cccn4c3=O)c2)c(P)c1. The van der Waals surface area contributed by atoms with Gasteiger partial charge in [0.1, 0.15) is 6.54 Å². The van der Waals surface area contributed by atoms with E-state index in [0.717, 1.165) is 32.5 Å². The van der Waals surface area contributed by atoms with Crippen molar-refractivity contribution in [1.82, 2.24) is 9.72 Å². The van der Waals surface area contributed by atoms with Gasteiger partial charge in [-0.15, -0.1) is 9.24 Å². The molecule has 2 unspecified atom stereocenters. The zero-order valence-electron chi connectivity index (χ0n) is 19.6. The van der Waals surface area contributed by atoms with Crippen LogP contribution >= 0.6 is 32.6 Å². The molecule has 2 atom stereocenters. The molecule has 5 rings (SSSR count). The predicted molar refractivity (Wildman–Crippen MR) is 148 cm³/mol. The highest BCUT2D eigenvalue weighted by atomic mass is 35.5. The zero-order valence-corrected chi connectivity index (χ0v) is 22.3. The molecule has 4 aromatic rings. The first-order chi connectivity index (χ1) is 17.3. The quantitative estimate of drug-likeness (QED) is 0.177. The fraction of sp³-hybridized carbons (Fsp3) is 0.148. The number of halogens is 1. The summed E-state index contributed by atoms with van der Waals surface area (Å²) in [6.45, 7) is 4.24. The van der Waals surface area contributed by atoms with Gasteiger partial charge in [0.15, 0.2) is 10.4 Å². The second-order valence-corrected chi connectivity index (χ2v) is 11.2. The van der Waals surface area contributed by atoms with Crippen molar-refractivity contribution < 1.29 is 9.67 Å². The minimum absolute atomic E-state index is 0.132. The number of nitrogens with zero attached hydrogens (tertiary/aromatic N) is 3. The van der Waals surface area contributed by atoms with Crippen molar-refractivity contribution in [2.24, 2.45) is 0 Å². The Labute approximate surface area is 220 Å². The number of alkyl halides is 1. The summed E-state index contributed by atoms with van der Waals surface area (Å²) >= 11 is 7.64. The molecular weight excluding hydrogens is 511 g/mol. The molecule has 0 saturated heterocycles. The molecule has 180 valence electrons. The second kappa shape index (κ2) is 9.63. The number of benzene rings is 2. The monoisotopic (exact) mass is 533 g/mol. The van der Waals surface area contributed by atoms with E-state index >= 15 is 0 Å². The van der Waals surface area contributed by atoms with E-state index in [2.05, 4.69) is 20.6 Å². The lowest BCUT2D eigenvalue weighted by atomic mass is 9.96. The van der Waals surface area contributed by atoms with Gasteiger partial charge >= 0.3 is 5.56 Å². The molecule has 2 aromatic carbocycles. The number of aromatic nitrogens is 2. The Balaban J connectivity index is 1.78. The molecule has 0 aliphatic carbocycles. The first kappa shape index (κ1) is 24.4. The van der Waals surface area contributed by atoms with Crippen molar-refractivity contribution >= 4 is 43.6 Å². The summed E-state index contributed by atoms with van der Waals surface area (Å²) in [5.74, 6) is -0.162. The van der Waals surface area contributed by atoms with Crippen molar-refractivity contribution in [1.29, 1.82) is 5.26 Å². The van der Waals surface area contributed by atoms with Crippen molar-refractivity contribution in [2.75, 3.05) is 0 Å².